The van der Waals surface area contributed by atoms with E-state index in [1.165, 1.54) is 0 Å². The first-order valence-electron chi connectivity index (χ1n) is 11.3. The molecule has 0 saturated heterocycles. The van der Waals surface area contributed by atoms with Crippen LogP contribution in [-0.2, 0) is 13.1 Å². The standard InChI is InChI=1S/C30H24N2O2/c33-30(32(21-23-12-4-1-5-13-23)22-24-14-6-2-7-15-24)27-19-11-10-18-26(27)29-31-20-28(34-29)25-16-8-3-9-17-25/h1-20H,21-22H2. The lowest BCUT2D eigenvalue weighted by Gasteiger charge is -2.24. The molecule has 4 aromatic carbocycles. The van der Waals surface area contributed by atoms with Crippen LogP contribution in [0.15, 0.2) is 126 Å². The Morgan fingerprint density at radius 3 is 1.82 bits per heavy atom. The fourth-order valence-corrected chi connectivity index (χ4v) is 3.97. The van der Waals surface area contributed by atoms with Crippen LogP contribution in [0.2, 0.25) is 0 Å². The van der Waals surface area contributed by atoms with E-state index >= 15 is 0 Å². The first-order valence-corrected chi connectivity index (χ1v) is 11.3. The highest BCUT2D eigenvalue weighted by atomic mass is 16.4. The maximum atomic E-state index is 13.9. The molecule has 0 radical (unpaired) electrons. The Morgan fingerprint density at radius 1 is 0.676 bits per heavy atom. The van der Waals surface area contributed by atoms with E-state index < -0.39 is 0 Å². The summed E-state index contributed by atoms with van der Waals surface area (Å²) in [5.41, 5.74) is 4.34. The van der Waals surface area contributed by atoms with Gasteiger partial charge in [-0.1, -0.05) is 103 Å². The molecule has 34 heavy (non-hydrogen) atoms. The Balaban J connectivity index is 1.49. The number of hydrogen-bond donors (Lipinski definition) is 0. The van der Waals surface area contributed by atoms with E-state index in [9.17, 15) is 4.79 Å². The normalized spacial score (nSPS) is 10.7. The summed E-state index contributed by atoms with van der Waals surface area (Å²) in [6.07, 6.45) is 1.71. The first-order chi connectivity index (χ1) is 16.8. The third kappa shape index (κ3) is 4.81. The van der Waals surface area contributed by atoms with E-state index in [4.69, 9.17) is 4.42 Å². The van der Waals surface area contributed by atoms with E-state index in [-0.39, 0.29) is 5.91 Å². The Morgan fingerprint density at radius 2 is 1.21 bits per heavy atom. The van der Waals surface area contributed by atoms with Crippen LogP contribution < -0.4 is 0 Å². The van der Waals surface area contributed by atoms with Crippen molar-refractivity contribution in [1.82, 2.24) is 9.88 Å². The molecule has 0 saturated carbocycles. The molecule has 0 spiro atoms. The van der Waals surface area contributed by atoms with Gasteiger partial charge in [-0.25, -0.2) is 4.98 Å². The van der Waals surface area contributed by atoms with E-state index in [0.29, 0.717) is 35.9 Å². The van der Waals surface area contributed by atoms with Gasteiger partial charge < -0.3 is 9.32 Å². The summed E-state index contributed by atoms with van der Waals surface area (Å²) in [7, 11) is 0. The Bertz CT molecular complexity index is 1320. The summed E-state index contributed by atoms with van der Waals surface area (Å²) in [5, 5.41) is 0. The molecule has 0 bridgehead atoms. The minimum Gasteiger partial charge on any atom is -0.436 e. The lowest BCUT2D eigenvalue weighted by molar-refractivity contribution is 0.0730. The van der Waals surface area contributed by atoms with Crippen molar-refractivity contribution in [1.29, 1.82) is 0 Å². The molecule has 4 nitrogen and oxygen atoms in total. The molecule has 1 heterocycles. The topological polar surface area (TPSA) is 46.3 Å². The molecule has 0 atom stereocenters. The minimum absolute atomic E-state index is 0.0669. The smallest absolute Gasteiger partial charge is 0.255 e. The van der Waals surface area contributed by atoms with Crippen molar-refractivity contribution >= 4 is 5.91 Å². The van der Waals surface area contributed by atoms with Crippen LogP contribution in [0.3, 0.4) is 0 Å². The molecular formula is C30H24N2O2. The van der Waals surface area contributed by atoms with Crippen LogP contribution in [0.4, 0.5) is 0 Å². The van der Waals surface area contributed by atoms with Crippen LogP contribution in [0.1, 0.15) is 21.5 Å². The van der Waals surface area contributed by atoms with Gasteiger partial charge in [-0.2, -0.15) is 0 Å². The molecule has 0 aliphatic rings. The second-order valence-electron chi connectivity index (χ2n) is 8.07. The molecule has 0 unspecified atom stereocenters. The van der Waals surface area contributed by atoms with Gasteiger partial charge in [0.1, 0.15) is 0 Å². The minimum atomic E-state index is -0.0669. The van der Waals surface area contributed by atoms with Crippen molar-refractivity contribution in [3.63, 3.8) is 0 Å². The highest BCUT2D eigenvalue weighted by Gasteiger charge is 2.22. The Hall–Kier alpha value is -4.44. The number of hydrogen-bond acceptors (Lipinski definition) is 3. The predicted octanol–water partition coefficient (Wildman–Crippen LogP) is 6.85. The Kier molecular flexibility index (Phi) is 6.30. The number of aromatic nitrogens is 1. The number of rotatable bonds is 7. The van der Waals surface area contributed by atoms with Crippen LogP contribution in [0, 0.1) is 0 Å². The number of benzene rings is 4. The summed E-state index contributed by atoms with van der Waals surface area (Å²) in [6, 6.07) is 37.4. The summed E-state index contributed by atoms with van der Waals surface area (Å²) in [6.45, 7) is 1.01. The molecule has 0 aliphatic carbocycles. The van der Waals surface area contributed by atoms with Crippen molar-refractivity contribution in [2.75, 3.05) is 0 Å². The van der Waals surface area contributed by atoms with E-state index in [2.05, 4.69) is 4.98 Å². The van der Waals surface area contributed by atoms with Gasteiger partial charge in [0.2, 0.25) is 5.89 Å². The molecule has 5 aromatic rings. The largest absolute Gasteiger partial charge is 0.436 e. The van der Waals surface area contributed by atoms with Crippen LogP contribution >= 0.6 is 0 Å². The highest BCUT2D eigenvalue weighted by Crippen LogP contribution is 2.29. The quantitative estimate of drug-likeness (QED) is 0.276. The molecule has 0 aliphatic heterocycles. The van der Waals surface area contributed by atoms with Gasteiger partial charge in [-0.05, 0) is 23.3 Å². The zero-order valence-corrected chi connectivity index (χ0v) is 18.7. The molecule has 0 fully saturated rings. The third-order valence-electron chi connectivity index (χ3n) is 5.67. The first kappa shape index (κ1) is 21.4. The fraction of sp³-hybridized carbons (Fsp3) is 0.0667. The zero-order valence-electron chi connectivity index (χ0n) is 18.7. The summed E-state index contributed by atoms with van der Waals surface area (Å²) < 4.78 is 6.08. The molecule has 166 valence electrons. The van der Waals surface area contributed by atoms with E-state index in [1.54, 1.807) is 6.20 Å². The van der Waals surface area contributed by atoms with Gasteiger partial charge in [-0.15, -0.1) is 0 Å². The van der Waals surface area contributed by atoms with Crippen molar-refractivity contribution < 1.29 is 9.21 Å². The van der Waals surface area contributed by atoms with Crippen LogP contribution in [0.5, 0.6) is 0 Å². The van der Waals surface area contributed by atoms with E-state index in [1.807, 2.05) is 120 Å². The van der Waals surface area contributed by atoms with Crippen molar-refractivity contribution in [3.8, 4) is 22.8 Å². The summed E-state index contributed by atoms with van der Waals surface area (Å²) >= 11 is 0. The number of carbonyl (C=O) groups is 1. The molecular weight excluding hydrogens is 420 g/mol. The third-order valence-corrected chi connectivity index (χ3v) is 5.67. The molecule has 5 rings (SSSR count). The Labute approximate surface area is 199 Å². The number of carbonyl (C=O) groups excluding carboxylic acids is 1. The zero-order chi connectivity index (χ0) is 23.2. The molecule has 1 amide bonds. The summed E-state index contributed by atoms with van der Waals surface area (Å²) in [4.78, 5) is 20.2. The fourth-order valence-electron chi connectivity index (χ4n) is 3.97. The monoisotopic (exact) mass is 444 g/mol. The predicted molar refractivity (Wildman–Crippen MR) is 134 cm³/mol. The lowest BCUT2D eigenvalue weighted by atomic mass is 10.0. The summed E-state index contributed by atoms with van der Waals surface area (Å²) in [5.74, 6) is 1.04. The number of amides is 1. The van der Waals surface area contributed by atoms with Crippen molar-refractivity contribution in [2.45, 2.75) is 13.1 Å². The maximum absolute atomic E-state index is 13.9. The van der Waals surface area contributed by atoms with Crippen molar-refractivity contribution in [3.05, 3.63) is 138 Å². The van der Waals surface area contributed by atoms with Gasteiger partial charge >= 0.3 is 0 Å². The lowest BCUT2D eigenvalue weighted by Crippen LogP contribution is -2.30. The second-order valence-corrected chi connectivity index (χ2v) is 8.07. The average Bonchev–Trinajstić information content (AvgIpc) is 3.40. The SMILES string of the molecule is O=C(c1ccccc1-c1ncc(-c2ccccc2)o1)N(Cc1ccccc1)Cc1ccccc1. The molecule has 0 N–H and O–H groups in total. The van der Waals surface area contributed by atoms with Gasteiger partial charge in [0, 0.05) is 24.2 Å². The van der Waals surface area contributed by atoms with Crippen LogP contribution in [0.25, 0.3) is 22.8 Å². The highest BCUT2D eigenvalue weighted by molar-refractivity contribution is 6.00. The molecule has 4 heteroatoms. The number of oxazole rings is 1. The van der Waals surface area contributed by atoms with Gasteiger partial charge in [-0.3, -0.25) is 4.79 Å². The van der Waals surface area contributed by atoms with Crippen molar-refractivity contribution in [2.24, 2.45) is 0 Å². The van der Waals surface area contributed by atoms with Gasteiger partial charge in [0.15, 0.2) is 5.76 Å². The maximum Gasteiger partial charge on any atom is 0.255 e. The van der Waals surface area contributed by atoms with E-state index in [0.717, 1.165) is 16.7 Å². The van der Waals surface area contributed by atoms with Gasteiger partial charge in [0.25, 0.3) is 5.91 Å². The van der Waals surface area contributed by atoms with Crippen LogP contribution in [-0.4, -0.2) is 15.8 Å². The van der Waals surface area contributed by atoms with Gasteiger partial charge in [0.05, 0.1) is 11.8 Å². The average molecular weight is 445 g/mol. The number of nitrogens with zero attached hydrogens (tertiary/aromatic N) is 2. The second kappa shape index (κ2) is 10.0. The molecule has 1 aromatic heterocycles.